The molecule has 1 aliphatic carbocycles. The number of nitrogens with zero attached hydrogens (tertiary/aromatic N) is 4. The maximum absolute atomic E-state index is 13.0. The van der Waals surface area contributed by atoms with Gasteiger partial charge in [0.25, 0.3) is 5.56 Å². The lowest BCUT2D eigenvalue weighted by Crippen LogP contribution is -2.39. The molecule has 0 atom stereocenters. The molecule has 0 radical (unpaired) electrons. The van der Waals surface area contributed by atoms with Gasteiger partial charge in [-0.2, -0.15) is 10.2 Å². The van der Waals surface area contributed by atoms with Crippen LogP contribution in [0.3, 0.4) is 0 Å². The highest BCUT2D eigenvalue weighted by Crippen LogP contribution is 2.40. The molecule has 2 N–H and O–H groups in total. The van der Waals surface area contributed by atoms with Gasteiger partial charge in [-0.1, -0.05) is 27.7 Å². The Labute approximate surface area is 195 Å². The van der Waals surface area contributed by atoms with Crippen molar-refractivity contribution in [1.29, 1.82) is 0 Å². The summed E-state index contributed by atoms with van der Waals surface area (Å²) in [5, 5.41) is 16.6. The van der Waals surface area contributed by atoms with Crippen LogP contribution in [-0.2, 0) is 7.05 Å². The van der Waals surface area contributed by atoms with Crippen molar-refractivity contribution in [2.45, 2.75) is 53.1 Å². The van der Waals surface area contributed by atoms with Gasteiger partial charge >= 0.3 is 0 Å². The van der Waals surface area contributed by atoms with Gasteiger partial charge in [0.05, 0.1) is 5.52 Å². The van der Waals surface area contributed by atoms with E-state index in [0.717, 1.165) is 61.4 Å². The molecule has 8 nitrogen and oxygen atoms in total. The lowest BCUT2D eigenvalue weighted by molar-refractivity contribution is 0.200. The Balaban J connectivity index is 0.00000126. The summed E-state index contributed by atoms with van der Waals surface area (Å²) in [6, 6.07) is 7.86. The van der Waals surface area contributed by atoms with Crippen LogP contribution < -0.4 is 20.5 Å². The molecule has 8 heteroatoms. The summed E-state index contributed by atoms with van der Waals surface area (Å²) in [6.45, 7) is 13.9. The normalized spacial score (nSPS) is 18.9. The smallest absolute Gasteiger partial charge is 0.290 e. The highest BCUT2D eigenvalue weighted by molar-refractivity contribution is 5.93. The first kappa shape index (κ1) is 23.3. The molecule has 2 fully saturated rings. The van der Waals surface area contributed by atoms with Crippen LogP contribution in [0.4, 0.5) is 5.69 Å². The average Bonchev–Trinajstić information content (AvgIpc) is 3.41. The number of aromatic amines is 1. The molecule has 1 saturated heterocycles. The van der Waals surface area contributed by atoms with Gasteiger partial charge in [-0.05, 0) is 49.4 Å². The van der Waals surface area contributed by atoms with Crippen LogP contribution in [0.1, 0.15) is 47.5 Å². The number of nitrogens with one attached hydrogen (secondary N) is 2. The molecule has 178 valence electrons. The molecule has 0 unspecified atom stereocenters. The van der Waals surface area contributed by atoms with Crippen molar-refractivity contribution >= 4 is 16.6 Å². The number of fused-ring (bicyclic) bond motifs is 1. The molecule has 1 aliphatic heterocycles. The lowest BCUT2D eigenvalue weighted by Gasteiger charge is -2.30. The van der Waals surface area contributed by atoms with E-state index in [0.29, 0.717) is 11.4 Å². The number of benzene rings is 1. The van der Waals surface area contributed by atoms with Gasteiger partial charge < -0.3 is 15.0 Å². The zero-order valence-corrected chi connectivity index (χ0v) is 20.7. The van der Waals surface area contributed by atoms with Gasteiger partial charge in [-0.15, -0.1) is 0 Å². The minimum Gasteiger partial charge on any atom is -0.488 e. The maximum atomic E-state index is 13.0. The molecule has 2 aliphatic rings. The molecule has 1 saturated carbocycles. The summed E-state index contributed by atoms with van der Waals surface area (Å²) in [4.78, 5) is 15.2. The first-order chi connectivity index (χ1) is 15.7. The quantitative estimate of drug-likeness (QED) is 0.627. The number of H-pyrrole nitrogens is 1. The van der Waals surface area contributed by atoms with Gasteiger partial charge in [0.1, 0.15) is 28.4 Å². The Morgan fingerprint density at radius 2 is 1.88 bits per heavy atom. The van der Waals surface area contributed by atoms with Gasteiger partial charge in [-0.3, -0.25) is 9.89 Å². The summed E-state index contributed by atoms with van der Waals surface area (Å²) in [7, 11) is 1.70. The number of aryl methyl sites for hydroxylation is 1. The fourth-order valence-corrected chi connectivity index (χ4v) is 4.25. The molecule has 0 spiro atoms. The molecule has 1 aromatic carbocycles. The summed E-state index contributed by atoms with van der Waals surface area (Å²) < 4.78 is 7.57. The Kier molecular flexibility index (Phi) is 6.22. The number of hydrogen-bond donors (Lipinski definition) is 2. The third-order valence-electron chi connectivity index (χ3n) is 6.26. The van der Waals surface area contributed by atoms with E-state index in [4.69, 9.17) is 4.74 Å². The molecule has 2 aromatic heterocycles. The Hall–Kier alpha value is -2.87. The first-order valence-corrected chi connectivity index (χ1v) is 11.9. The van der Waals surface area contributed by atoms with Crippen LogP contribution in [0.25, 0.3) is 22.3 Å². The van der Waals surface area contributed by atoms with Crippen LogP contribution in [0.2, 0.25) is 0 Å². The minimum absolute atomic E-state index is 0.0484. The van der Waals surface area contributed by atoms with Crippen molar-refractivity contribution in [3.63, 3.8) is 0 Å². The highest BCUT2D eigenvalue weighted by Gasteiger charge is 2.40. The number of hydrogen-bond acceptors (Lipinski definition) is 6. The van der Waals surface area contributed by atoms with Crippen molar-refractivity contribution < 1.29 is 4.74 Å². The van der Waals surface area contributed by atoms with E-state index in [1.165, 1.54) is 4.68 Å². The standard InChI is InChI=1S/C23H30N6O2.C2H6/c1-22(2)13-24-9-10-29(14-22)19-12-18(27-28(4)21(19)30)20-16-11-15(31-23(3)7-8-23)5-6-17(16)25-26-20;1-2/h5-6,11-12,24H,7-10,13-14H2,1-4H3,(H,25,26);1-2H3. The zero-order chi connectivity index (χ0) is 23.8. The zero-order valence-electron chi connectivity index (χ0n) is 20.7. The SMILES string of the molecule is CC.Cn1nc(-c2n[nH]c3ccc(OC4(C)CC4)cc23)cc(N2CCNCC(C)(C)C2)c1=O. The maximum Gasteiger partial charge on any atom is 0.290 e. The Morgan fingerprint density at radius 1 is 1.12 bits per heavy atom. The molecular weight excluding hydrogens is 416 g/mol. The molecule has 3 heterocycles. The topological polar surface area (TPSA) is 88.1 Å². The van der Waals surface area contributed by atoms with Crippen molar-refractivity contribution in [2.24, 2.45) is 12.5 Å². The second-order valence-corrected chi connectivity index (χ2v) is 9.94. The van der Waals surface area contributed by atoms with Crippen LogP contribution in [-0.4, -0.2) is 51.8 Å². The monoisotopic (exact) mass is 452 g/mol. The van der Waals surface area contributed by atoms with E-state index < -0.39 is 0 Å². The van der Waals surface area contributed by atoms with Crippen molar-refractivity contribution in [3.8, 4) is 17.1 Å². The van der Waals surface area contributed by atoms with E-state index in [9.17, 15) is 4.79 Å². The number of ether oxygens (including phenoxy) is 1. The molecular formula is C25H36N6O2. The molecule has 5 rings (SSSR count). The van der Waals surface area contributed by atoms with E-state index in [-0.39, 0.29) is 16.6 Å². The van der Waals surface area contributed by atoms with Crippen LogP contribution in [0.15, 0.2) is 29.1 Å². The van der Waals surface area contributed by atoms with Gasteiger partial charge in [-0.25, -0.2) is 4.68 Å². The summed E-state index contributed by atoms with van der Waals surface area (Å²) in [5.74, 6) is 0.834. The fourth-order valence-electron chi connectivity index (χ4n) is 4.25. The summed E-state index contributed by atoms with van der Waals surface area (Å²) in [5.41, 5.74) is 2.91. The van der Waals surface area contributed by atoms with E-state index in [1.54, 1.807) is 7.05 Å². The third kappa shape index (κ3) is 4.90. The molecule has 3 aromatic rings. The minimum atomic E-state index is -0.0908. The second kappa shape index (κ2) is 8.82. The predicted octanol–water partition coefficient (Wildman–Crippen LogP) is 3.72. The molecule has 0 bridgehead atoms. The second-order valence-electron chi connectivity index (χ2n) is 9.94. The van der Waals surface area contributed by atoms with E-state index >= 15 is 0 Å². The van der Waals surface area contributed by atoms with E-state index in [2.05, 4.69) is 46.3 Å². The third-order valence-corrected chi connectivity index (χ3v) is 6.26. The lowest BCUT2D eigenvalue weighted by atomic mass is 9.93. The van der Waals surface area contributed by atoms with Crippen molar-refractivity contribution in [2.75, 3.05) is 31.1 Å². The van der Waals surface area contributed by atoms with Gasteiger partial charge in [0.2, 0.25) is 0 Å². The number of anilines is 1. The fraction of sp³-hybridized carbons (Fsp3) is 0.560. The predicted molar refractivity (Wildman–Crippen MR) is 133 cm³/mol. The van der Waals surface area contributed by atoms with E-state index in [1.807, 2.05) is 38.1 Å². The summed E-state index contributed by atoms with van der Waals surface area (Å²) in [6.07, 6.45) is 2.16. The van der Waals surface area contributed by atoms with Crippen LogP contribution in [0.5, 0.6) is 5.75 Å². The van der Waals surface area contributed by atoms with Gasteiger partial charge in [0.15, 0.2) is 0 Å². The van der Waals surface area contributed by atoms with Gasteiger partial charge in [0, 0.05) is 38.6 Å². The molecule has 33 heavy (non-hydrogen) atoms. The molecule has 0 amide bonds. The summed E-state index contributed by atoms with van der Waals surface area (Å²) >= 11 is 0. The Morgan fingerprint density at radius 3 is 2.61 bits per heavy atom. The van der Waals surface area contributed by atoms with Crippen molar-refractivity contribution in [3.05, 3.63) is 34.6 Å². The first-order valence-electron chi connectivity index (χ1n) is 11.9. The Bertz CT molecular complexity index is 1190. The van der Waals surface area contributed by atoms with Crippen LogP contribution in [0, 0.1) is 5.41 Å². The average molecular weight is 453 g/mol. The highest BCUT2D eigenvalue weighted by atomic mass is 16.5. The number of rotatable bonds is 4. The van der Waals surface area contributed by atoms with Crippen molar-refractivity contribution in [1.82, 2.24) is 25.3 Å². The number of aromatic nitrogens is 4. The largest absolute Gasteiger partial charge is 0.488 e. The van der Waals surface area contributed by atoms with Crippen LogP contribution >= 0.6 is 0 Å².